The zero-order valence-electron chi connectivity index (χ0n) is 17.1. The van der Waals surface area contributed by atoms with Crippen molar-refractivity contribution in [2.75, 3.05) is 38.1 Å². The highest BCUT2D eigenvalue weighted by Crippen LogP contribution is 2.22. The van der Waals surface area contributed by atoms with Crippen LogP contribution in [0.1, 0.15) is 51.9 Å². The van der Waals surface area contributed by atoms with Crippen LogP contribution >= 0.6 is 0 Å². The number of hydrogen-bond acceptors (Lipinski definition) is 4. The van der Waals surface area contributed by atoms with E-state index in [4.69, 9.17) is 10.1 Å². The molecule has 7 heteroatoms. The summed E-state index contributed by atoms with van der Waals surface area (Å²) in [5.74, 6) is 0.744. The molecule has 1 saturated carbocycles. The van der Waals surface area contributed by atoms with E-state index in [0.717, 1.165) is 18.8 Å². The van der Waals surface area contributed by atoms with Crippen LogP contribution < -0.4 is 10.1 Å². The van der Waals surface area contributed by atoms with Gasteiger partial charge in [-0.25, -0.2) is 9.98 Å². The van der Waals surface area contributed by atoms with Gasteiger partial charge in [-0.1, -0.05) is 19.3 Å². The lowest BCUT2D eigenvalue weighted by atomic mass is 10.1. The molecule has 2 heterocycles. The number of hydrogen-bond donors (Lipinski definition) is 2. The van der Waals surface area contributed by atoms with Gasteiger partial charge in [0.1, 0.15) is 6.61 Å². The number of aromatic nitrogens is 1. The van der Waals surface area contributed by atoms with Gasteiger partial charge in [-0.15, -0.1) is 0 Å². The molecule has 154 valence electrons. The summed E-state index contributed by atoms with van der Waals surface area (Å²) in [4.78, 5) is 13.3. The molecule has 1 aliphatic carbocycles. The summed E-state index contributed by atoms with van der Waals surface area (Å²) in [6.07, 6.45) is 12.5. The molecule has 1 aromatic heterocycles. The molecule has 0 unspecified atom stereocenters. The highest BCUT2D eigenvalue weighted by Gasteiger charge is 2.19. The standard InChI is InChI=1S/C21H34N6O/c1-2-27(19-8-4-5-9-19)17-24-21(22)25-18-10-11-20(23-16-18)28-15-14-26-12-6-3-7-13-26/h10-11,16-17,19H,2-9,12-15H2,1H3,(H2,22,25)/b24-17+. The van der Waals surface area contributed by atoms with E-state index < -0.39 is 0 Å². The number of pyridine rings is 1. The Morgan fingerprint density at radius 3 is 2.75 bits per heavy atom. The van der Waals surface area contributed by atoms with Gasteiger partial charge in [-0.05, 0) is 51.8 Å². The summed E-state index contributed by atoms with van der Waals surface area (Å²) in [5.41, 5.74) is 0.745. The monoisotopic (exact) mass is 386 g/mol. The lowest BCUT2D eigenvalue weighted by molar-refractivity contribution is 0.180. The molecule has 7 nitrogen and oxygen atoms in total. The summed E-state index contributed by atoms with van der Waals surface area (Å²) in [6, 6.07) is 4.29. The maximum absolute atomic E-state index is 8.04. The van der Waals surface area contributed by atoms with Crippen LogP contribution in [0.4, 0.5) is 5.69 Å². The normalized spacial score (nSPS) is 18.5. The van der Waals surface area contributed by atoms with Gasteiger partial charge in [0.15, 0.2) is 0 Å². The summed E-state index contributed by atoms with van der Waals surface area (Å²) in [7, 11) is 0. The molecular weight excluding hydrogens is 352 g/mol. The summed E-state index contributed by atoms with van der Waals surface area (Å²) < 4.78 is 5.75. The van der Waals surface area contributed by atoms with E-state index in [1.807, 2.05) is 12.1 Å². The molecular formula is C21H34N6O. The third-order valence-electron chi connectivity index (χ3n) is 5.60. The first kappa shape index (κ1) is 20.6. The van der Waals surface area contributed by atoms with Gasteiger partial charge >= 0.3 is 0 Å². The van der Waals surface area contributed by atoms with E-state index in [9.17, 15) is 0 Å². The van der Waals surface area contributed by atoms with Crippen molar-refractivity contribution in [2.45, 2.75) is 57.9 Å². The van der Waals surface area contributed by atoms with E-state index in [0.29, 0.717) is 18.5 Å². The smallest absolute Gasteiger partial charge is 0.221 e. The summed E-state index contributed by atoms with van der Waals surface area (Å²) >= 11 is 0. The van der Waals surface area contributed by atoms with Crippen LogP contribution in [0.5, 0.6) is 5.88 Å². The van der Waals surface area contributed by atoms with Crippen LogP contribution in [0.25, 0.3) is 0 Å². The largest absolute Gasteiger partial charge is 0.476 e. The van der Waals surface area contributed by atoms with Crippen molar-refractivity contribution in [1.82, 2.24) is 14.8 Å². The van der Waals surface area contributed by atoms with Crippen molar-refractivity contribution in [2.24, 2.45) is 4.99 Å². The van der Waals surface area contributed by atoms with E-state index >= 15 is 0 Å². The van der Waals surface area contributed by atoms with Crippen molar-refractivity contribution in [3.8, 4) is 5.88 Å². The summed E-state index contributed by atoms with van der Waals surface area (Å²) in [5, 5.41) is 11.0. The van der Waals surface area contributed by atoms with E-state index in [-0.39, 0.29) is 5.96 Å². The fourth-order valence-electron chi connectivity index (χ4n) is 3.97. The molecule has 0 bridgehead atoms. The molecule has 3 rings (SSSR count). The number of likely N-dealkylation sites (tertiary alicyclic amines) is 1. The maximum atomic E-state index is 8.04. The Kier molecular flexibility index (Phi) is 8.08. The van der Waals surface area contributed by atoms with Crippen molar-refractivity contribution in [3.05, 3.63) is 18.3 Å². The first-order valence-electron chi connectivity index (χ1n) is 10.7. The fraction of sp³-hybridized carbons (Fsp3) is 0.667. The first-order valence-corrected chi connectivity index (χ1v) is 10.7. The van der Waals surface area contributed by atoms with Crippen molar-refractivity contribution >= 4 is 18.0 Å². The molecule has 2 fully saturated rings. The van der Waals surface area contributed by atoms with Crippen LogP contribution in [0.15, 0.2) is 23.3 Å². The first-order chi connectivity index (χ1) is 13.7. The quantitative estimate of drug-likeness (QED) is 0.527. The number of aliphatic imine (C=N–C) groups is 1. The fourth-order valence-corrected chi connectivity index (χ4v) is 3.97. The van der Waals surface area contributed by atoms with E-state index in [1.165, 1.54) is 58.0 Å². The number of guanidine groups is 1. The number of nitrogens with zero attached hydrogens (tertiary/aromatic N) is 4. The molecule has 2 N–H and O–H groups in total. The van der Waals surface area contributed by atoms with E-state index in [2.05, 4.69) is 32.0 Å². The Hall–Kier alpha value is -2.15. The highest BCUT2D eigenvalue weighted by molar-refractivity contribution is 5.95. The molecule has 0 atom stereocenters. The molecule has 0 amide bonds. The van der Waals surface area contributed by atoms with Gasteiger partial charge in [-0.2, -0.15) is 0 Å². The van der Waals surface area contributed by atoms with Gasteiger partial charge in [0.25, 0.3) is 0 Å². The molecule has 1 aromatic rings. The number of nitrogens with one attached hydrogen (secondary N) is 2. The predicted molar refractivity (Wildman–Crippen MR) is 115 cm³/mol. The van der Waals surface area contributed by atoms with Gasteiger partial charge < -0.3 is 15.0 Å². The number of ether oxygens (including phenoxy) is 1. The number of piperidine rings is 1. The van der Waals surface area contributed by atoms with E-state index in [1.54, 1.807) is 12.5 Å². The molecule has 0 aromatic carbocycles. The average molecular weight is 387 g/mol. The topological polar surface area (TPSA) is 76.8 Å². The second-order valence-electron chi connectivity index (χ2n) is 7.62. The highest BCUT2D eigenvalue weighted by atomic mass is 16.5. The molecule has 1 aliphatic heterocycles. The second kappa shape index (κ2) is 11.0. The van der Waals surface area contributed by atoms with Gasteiger partial charge in [0.2, 0.25) is 11.8 Å². The number of anilines is 1. The Bertz CT molecular complexity index is 620. The number of rotatable bonds is 8. The van der Waals surface area contributed by atoms with Gasteiger partial charge in [0, 0.05) is 25.2 Å². The predicted octanol–water partition coefficient (Wildman–Crippen LogP) is 3.59. The lowest BCUT2D eigenvalue weighted by Gasteiger charge is -2.26. The third-order valence-corrected chi connectivity index (χ3v) is 5.60. The Morgan fingerprint density at radius 1 is 1.29 bits per heavy atom. The van der Waals surface area contributed by atoms with Crippen LogP contribution in [0, 0.1) is 5.41 Å². The van der Waals surface area contributed by atoms with Crippen LogP contribution in [-0.4, -0.2) is 65.9 Å². The second-order valence-corrected chi connectivity index (χ2v) is 7.62. The molecule has 0 spiro atoms. The molecule has 1 saturated heterocycles. The maximum Gasteiger partial charge on any atom is 0.221 e. The van der Waals surface area contributed by atoms with Crippen molar-refractivity contribution in [3.63, 3.8) is 0 Å². The summed E-state index contributed by atoms with van der Waals surface area (Å²) in [6.45, 7) is 7.03. The molecule has 0 radical (unpaired) electrons. The Morgan fingerprint density at radius 2 is 2.07 bits per heavy atom. The van der Waals surface area contributed by atoms with Gasteiger partial charge in [0.05, 0.1) is 18.2 Å². The van der Waals surface area contributed by atoms with Crippen LogP contribution in [-0.2, 0) is 0 Å². The molecule has 2 aliphatic rings. The third kappa shape index (κ3) is 6.48. The Labute approximate surface area is 168 Å². The van der Waals surface area contributed by atoms with Crippen LogP contribution in [0.2, 0.25) is 0 Å². The Balaban J connectivity index is 1.40. The molecule has 28 heavy (non-hydrogen) atoms. The SMILES string of the molecule is CCN(/C=N/C(=N)Nc1ccc(OCCN2CCCCC2)nc1)C1CCCC1. The van der Waals surface area contributed by atoms with Gasteiger partial charge in [-0.3, -0.25) is 10.3 Å². The van der Waals surface area contributed by atoms with Crippen molar-refractivity contribution < 1.29 is 4.74 Å². The zero-order valence-corrected chi connectivity index (χ0v) is 17.1. The van der Waals surface area contributed by atoms with Crippen molar-refractivity contribution in [1.29, 1.82) is 5.41 Å². The average Bonchev–Trinajstić information content (AvgIpc) is 3.25. The van der Waals surface area contributed by atoms with Crippen LogP contribution in [0.3, 0.4) is 0 Å². The zero-order chi connectivity index (χ0) is 19.6. The minimum absolute atomic E-state index is 0.122. The lowest BCUT2D eigenvalue weighted by Crippen LogP contribution is -2.33. The minimum atomic E-state index is 0.122. The minimum Gasteiger partial charge on any atom is -0.476 e.